The van der Waals surface area contributed by atoms with Gasteiger partial charge in [0, 0.05) is 10.9 Å². The van der Waals surface area contributed by atoms with E-state index in [1.54, 1.807) is 26.0 Å². The lowest BCUT2D eigenvalue weighted by molar-refractivity contribution is 0.146. The van der Waals surface area contributed by atoms with E-state index in [9.17, 15) is 18.4 Å². The number of hydrogen-bond donors (Lipinski definition) is 1. The van der Waals surface area contributed by atoms with E-state index in [1.165, 1.54) is 19.2 Å². The molecular formula is C20H17F3N4O. The van der Waals surface area contributed by atoms with E-state index in [0.29, 0.717) is 33.9 Å². The third-order valence-electron chi connectivity index (χ3n) is 4.36. The predicted molar refractivity (Wildman–Crippen MR) is 98.9 cm³/mol. The quantitative estimate of drug-likeness (QED) is 0.663. The van der Waals surface area contributed by atoms with Gasteiger partial charge in [-0.25, -0.2) is 23.1 Å². The van der Waals surface area contributed by atoms with Crippen LogP contribution in [0.15, 0.2) is 30.3 Å². The molecule has 0 saturated heterocycles. The molecule has 1 atom stereocenters. The Morgan fingerprint density at radius 1 is 1.18 bits per heavy atom. The number of ether oxygens (including phenoxy) is 1. The number of nitrogens with zero attached hydrogens (tertiary/aromatic N) is 3. The van der Waals surface area contributed by atoms with Crippen LogP contribution in [0.1, 0.15) is 41.9 Å². The van der Waals surface area contributed by atoms with E-state index in [-0.39, 0.29) is 5.56 Å². The molecule has 0 radical (unpaired) electrons. The van der Waals surface area contributed by atoms with Crippen LogP contribution in [-0.4, -0.2) is 17.1 Å². The first-order valence-electron chi connectivity index (χ1n) is 8.45. The van der Waals surface area contributed by atoms with Crippen molar-refractivity contribution >= 4 is 16.7 Å². The van der Waals surface area contributed by atoms with Crippen LogP contribution >= 0.6 is 0 Å². The Morgan fingerprint density at radius 3 is 2.54 bits per heavy atom. The van der Waals surface area contributed by atoms with Crippen LogP contribution in [0.4, 0.5) is 19.0 Å². The van der Waals surface area contributed by atoms with Crippen LogP contribution in [0.5, 0.6) is 5.75 Å². The summed E-state index contributed by atoms with van der Waals surface area (Å²) in [4.78, 5) is 8.68. The predicted octanol–water partition coefficient (Wildman–Crippen LogP) is 5.07. The van der Waals surface area contributed by atoms with E-state index >= 15 is 0 Å². The second kappa shape index (κ2) is 7.72. The molecule has 3 aromatic rings. The Hall–Kier alpha value is -3.34. The van der Waals surface area contributed by atoms with E-state index in [0.717, 1.165) is 6.07 Å². The van der Waals surface area contributed by atoms with Crippen molar-refractivity contribution in [3.8, 4) is 11.8 Å². The molecule has 0 spiro atoms. The number of aromatic nitrogens is 2. The summed E-state index contributed by atoms with van der Waals surface area (Å²) in [5.41, 5.74) is 0.294. The molecule has 28 heavy (non-hydrogen) atoms. The Kier molecular flexibility index (Phi) is 5.36. The van der Waals surface area contributed by atoms with Crippen LogP contribution in [-0.2, 0) is 0 Å². The average molecular weight is 386 g/mol. The number of fused-ring (bicyclic) bond motifs is 1. The molecule has 0 aliphatic heterocycles. The molecule has 2 aromatic carbocycles. The van der Waals surface area contributed by atoms with Crippen LogP contribution in [0.25, 0.3) is 10.9 Å². The maximum atomic E-state index is 14.5. The zero-order chi connectivity index (χ0) is 20.4. The lowest BCUT2D eigenvalue weighted by Crippen LogP contribution is -2.12. The van der Waals surface area contributed by atoms with E-state index in [4.69, 9.17) is 4.74 Å². The molecule has 0 bridgehead atoms. The van der Waals surface area contributed by atoms with Gasteiger partial charge in [-0.15, -0.1) is 0 Å². The fourth-order valence-electron chi connectivity index (χ4n) is 2.99. The maximum Gasteiger partial charge on any atom is 0.266 e. The van der Waals surface area contributed by atoms with Gasteiger partial charge >= 0.3 is 0 Å². The molecule has 0 aliphatic rings. The summed E-state index contributed by atoms with van der Waals surface area (Å²) in [6.07, 6.45) is -2.90. The van der Waals surface area contributed by atoms with Crippen molar-refractivity contribution in [2.45, 2.75) is 26.3 Å². The van der Waals surface area contributed by atoms with Gasteiger partial charge in [-0.2, -0.15) is 5.26 Å². The number of rotatable bonds is 5. The Morgan fingerprint density at radius 2 is 1.89 bits per heavy atom. The SMILES string of the molecule is COc1cc2c(N[C@H](C)c3cccc(C(F)F)c3F)nc(C)nc2cc1C#N. The number of benzene rings is 2. The maximum absolute atomic E-state index is 14.5. The second-order valence-electron chi connectivity index (χ2n) is 6.22. The lowest BCUT2D eigenvalue weighted by atomic mass is 10.0. The number of methoxy groups -OCH3 is 1. The van der Waals surface area contributed by atoms with E-state index in [2.05, 4.69) is 15.3 Å². The first-order chi connectivity index (χ1) is 13.3. The Balaban J connectivity index is 2.07. The van der Waals surface area contributed by atoms with Gasteiger partial charge in [-0.05, 0) is 26.0 Å². The van der Waals surface area contributed by atoms with E-state index in [1.807, 2.05) is 6.07 Å². The average Bonchev–Trinajstić information content (AvgIpc) is 2.66. The van der Waals surface area contributed by atoms with Gasteiger partial charge in [0.1, 0.15) is 29.3 Å². The van der Waals surface area contributed by atoms with Gasteiger partial charge in [-0.1, -0.05) is 18.2 Å². The van der Waals surface area contributed by atoms with Crippen molar-refractivity contribution in [1.29, 1.82) is 5.26 Å². The number of aryl methyl sites for hydroxylation is 1. The van der Waals surface area contributed by atoms with Crippen molar-refractivity contribution in [1.82, 2.24) is 9.97 Å². The molecule has 0 fully saturated rings. The van der Waals surface area contributed by atoms with Gasteiger partial charge in [0.2, 0.25) is 0 Å². The molecule has 0 amide bonds. The first kappa shape index (κ1) is 19.4. The zero-order valence-corrected chi connectivity index (χ0v) is 15.4. The highest BCUT2D eigenvalue weighted by Gasteiger charge is 2.20. The van der Waals surface area contributed by atoms with Gasteiger partial charge in [0.15, 0.2) is 0 Å². The highest BCUT2D eigenvalue weighted by atomic mass is 19.3. The molecule has 8 heteroatoms. The van der Waals surface area contributed by atoms with Crippen molar-refractivity contribution < 1.29 is 17.9 Å². The smallest absolute Gasteiger partial charge is 0.266 e. The van der Waals surface area contributed by atoms with Crippen LogP contribution in [0, 0.1) is 24.1 Å². The first-order valence-corrected chi connectivity index (χ1v) is 8.45. The summed E-state index contributed by atoms with van der Waals surface area (Å²) in [7, 11) is 1.44. The fourth-order valence-corrected chi connectivity index (χ4v) is 2.99. The summed E-state index contributed by atoms with van der Waals surface area (Å²) in [6.45, 7) is 3.33. The molecule has 5 nitrogen and oxygen atoms in total. The summed E-state index contributed by atoms with van der Waals surface area (Å²) in [6, 6.07) is 8.51. The molecule has 0 aliphatic carbocycles. The minimum Gasteiger partial charge on any atom is -0.495 e. The molecule has 1 heterocycles. The number of alkyl halides is 2. The third kappa shape index (κ3) is 3.56. The van der Waals surface area contributed by atoms with E-state index < -0.39 is 23.8 Å². The monoisotopic (exact) mass is 386 g/mol. The Labute approximate surface area is 159 Å². The standard InChI is InChI=1S/C20H17F3N4O/c1-10(13-5-4-6-14(18(13)21)19(22)23)25-20-15-8-17(28-3)12(9-24)7-16(15)26-11(2)27-20/h4-8,10,19H,1-3H3,(H,25,26,27)/t10-/m1/s1. The molecule has 0 unspecified atom stereocenters. The minimum absolute atomic E-state index is 0.0998. The topological polar surface area (TPSA) is 70.8 Å². The van der Waals surface area contributed by atoms with Crippen molar-refractivity contribution in [2.24, 2.45) is 0 Å². The van der Waals surface area contributed by atoms with Crippen molar-refractivity contribution in [3.05, 3.63) is 58.7 Å². The van der Waals surface area contributed by atoms with Gasteiger partial charge in [-0.3, -0.25) is 0 Å². The second-order valence-corrected chi connectivity index (χ2v) is 6.22. The number of halogens is 3. The number of nitrogens with one attached hydrogen (secondary N) is 1. The van der Waals surface area contributed by atoms with Crippen LogP contribution < -0.4 is 10.1 Å². The number of hydrogen-bond acceptors (Lipinski definition) is 5. The normalized spacial score (nSPS) is 12.1. The highest BCUT2D eigenvalue weighted by molar-refractivity contribution is 5.91. The summed E-state index contributed by atoms with van der Waals surface area (Å²) in [5, 5.41) is 12.9. The largest absolute Gasteiger partial charge is 0.495 e. The zero-order valence-electron chi connectivity index (χ0n) is 15.4. The van der Waals surface area contributed by atoms with Crippen molar-refractivity contribution in [3.63, 3.8) is 0 Å². The molecule has 1 aromatic heterocycles. The summed E-state index contributed by atoms with van der Waals surface area (Å²) >= 11 is 0. The Bertz CT molecular complexity index is 1080. The molecule has 1 N–H and O–H groups in total. The number of nitriles is 1. The van der Waals surface area contributed by atoms with Crippen LogP contribution in [0.2, 0.25) is 0 Å². The lowest BCUT2D eigenvalue weighted by Gasteiger charge is -2.19. The van der Waals surface area contributed by atoms with Gasteiger partial charge in [0.25, 0.3) is 6.43 Å². The molecule has 0 saturated carbocycles. The number of anilines is 1. The molecule has 3 rings (SSSR count). The minimum atomic E-state index is -2.90. The van der Waals surface area contributed by atoms with Gasteiger partial charge < -0.3 is 10.1 Å². The highest BCUT2D eigenvalue weighted by Crippen LogP contribution is 2.32. The molecule has 144 valence electrons. The fraction of sp³-hybridized carbons (Fsp3) is 0.250. The third-order valence-corrected chi connectivity index (χ3v) is 4.36. The summed E-state index contributed by atoms with van der Waals surface area (Å²) < 4.78 is 45.7. The van der Waals surface area contributed by atoms with Crippen LogP contribution in [0.3, 0.4) is 0 Å². The molecular weight excluding hydrogens is 369 g/mol. The van der Waals surface area contributed by atoms with Crippen molar-refractivity contribution in [2.75, 3.05) is 12.4 Å². The summed E-state index contributed by atoms with van der Waals surface area (Å²) in [5.74, 6) is 0.235. The van der Waals surface area contributed by atoms with Gasteiger partial charge in [0.05, 0.1) is 29.8 Å².